The summed E-state index contributed by atoms with van der Waals surface area (Å²) in [5.41, 5.74) is -0.213. The Kier molecular flexibility index (Phi) is 6.55. The maximum Gasteiger partial charge on any atom is 0.0683 e. The smallest absolute Gasteiger partial charge is 0.0683 e. The summed E-state index contributed by atoms with van der Waals surface area (Å²) in [4.78, 5) is 0. The number of aliphatic hydroxyl groups excluding tert-OH is 1. The highest BCUT2D eigenvalue weighted by molar-refractivity contribution is 4.91. The van der Waals surface area contributed by atoms with Crippen LogP contribution in [0.2, 0.25) is 0 Å². The van der Waals surface area contributed by atoms with E-state index >= 15 is 0 Å². The van der Waals surface area contributed by atoms with Gasteiger partial charge >= 0.3 is 0 Å². The van der Waals surface area contributed by atoms with Gasteiger partial charge in [-0.3, -0.25) is 0 Å². The lowest BCUT2D eigenvalue weighted by atomic mass is 9.90. The van der Waals surface area contributed by atoms with Gasteiger partial charge in [0.05, 0.1) is 17.6 Å². The minimum absolute atomic E-state index is 0.213. The summed E-state index contributed by atoms with van der Waals surface area (Å²) >= 11 is 0. The quantitative estimate of drug-likeness (QED) is 0.635. The van der Waals surface area contributed by atoms with E-state index in [1.807, 2.05) is 13.8 Å². The predicted octanol–water partition coefficient (Wildman–Crippen LogP) is 2.07. The second kappa shape index (κ2) is 6.81. The van der Waals surface area contributed by atoms with Crippen LogP contribution in [0.1, 0.15) is 47.0 Å². The molecule has 0 aromatic carbocycles. The van der Waals surface area contributed by atoms with Crippen LogP contribution in [0.5, 0.6) is 0 Å². The van der Waals surface area contributed by atoms with Crippen molar-refractivity contribution in [3.8, 4) is 6.07 Å². The molecule has 2 atom stereocenters. The van der Waals surface area contributed by atoms with Gasteiger partial charge in [0.15, 0.2) is 0 Å². The third kappa shape index (κ3) is 8.41. The van der Waals surface area contributed by atoms with Crippen molar-refractivity contribution in [2.24, 2.45) is 5.41 Å². The van der Waals surface area contributed by atoms with Gasteiger partial charge in [-0.15, -0.1) is 0 Å². The van der Waals surface area contributed by atoms with Gasteiger partial charge in [-0.2, -0.15) is 5.26 Å². The van der Waals surface area contributed by atoms with Crippen LogP contribution in [0.25, 0.3) is 0 Å². The maximum atomic E-state index is 9.16. The molecule has 0 fully saturated rings. The van der Waals surface area contributed by atoms with Gasteiger partial charge in [0.1, 0.15) is 0 Å². The van der Waals surface area contributed by atoms with E-state index in [4.69, 9.17) is 10.4 Å². The Hall–Kier alpha value is -0.590. The molecule has 0 aliphatic carbocycles. The van der Waals surface area contributed by atoms with Crippen LogP contribution < -0.4 is 5.32 Å². The Bertz CT molecular complexity index is 206. The third-order valence-electron chi connectivity index (χ3n) is 2.47. The summed E-state index contributed by atoms with van der Waals surface area (Å²) in [6.07, 6.45) is 2.45. The molecule has 88 valence electrons. The van der Waals surface area contributed by atoms with E-state index in [2.05, 4.69) is 18.3 Å². The molecular formula is C12H24N2O. The zero-order chi connectivity index (χ0) is 11.9. The average Bonchev–Trinajstić information content (AvgIpc) is 2.11. The summed E-state index contributed by atoms with van der Waals surface area (Å²) in [7, 11) is 0. The molecule has 3 heteroatoms. The summed E-state index contributed by atoms with van der Waals surface area (Å²) < 4.78 is 0. The molecule has 2 unspecified atom stereocenters. The summed E-state index contributed by atoms with van der Waals surface area (Å²) in [5, 5.41) is 21.3. The largest absolute Gasteiger partial charge is 0.393 e. The number of nitrogens with zero attached hydrogens (tertiary/aromatic N) is 1. The molecule has 3 nitrogen and oxygen atoms in total. The minimum atomic E-state index is -0.247. The number of hydrogen-bond donors (Lipinski definition) is 2. The Balaban J connectivity index is 3.51. The SMILES string of the molecule is CC(O)CC(C)NCCCC(C)(C)C#N. The molecule has 0 spiro atoms. The standard InChI is InChI=1S/C12H24N2O/c1-10(8-11(2)15)14-7-5-6-12(3,4)9-13/h10-11,14-15H,5-8H2,1-4H3. The molecule has 2 N–H and O–H groups in total. The molecule has 15 heavy (non-hydrogen) atoms. The number of rotatable bonds is 7. The molecule has 0 rings (SSSR count). The van der Waals surface area contributed by atoms with E-state index in [9.17, 15) is 0 Å². The lowest BCUT2D eigenvalue weighted by molar-refractivity contribution is 0.170. The highest BCUT2D eigenvalue weighted by Gasteiger charge is 2.15. The normalized spacial score (nSPS) is 15.7. The van der Waals surface area contributed by atoms with Crippen molar-refractivity contribution in [1.29, 1.82) is 5.26 Å². The van der Waals surface area contributed by atoms with Crippen LogP contribution in [0, 0.1) is 16.7 Å². The van der Waals surface area contributed by atoms with Crippen molar-refractivity contribution in [2.75, 3.05) is 6.54 Å². The van der Waals surface area contributed by atoms with Gasteiger partial charge < -0.3 is 10.4 Å². The fourth-order valence-corrected chi connectivity index (χ4v) is 1.53. The third-order valence-corrected chi connectivity index (χ3v) is 2.47. The second-order valence-corrected chi connectivity index (χ2v) is 5.04. The molecule has 0 saturated heterocycles. The lowest BCUT2D eigenvalue weighted by Crippen LogP contribution is -2.30. The second-order valence-electron chi connectivity index (χ2n) is 5.04. The fraction of sp³-hybridized carbons (Fsp3) is 0.917. The van der Waals surface area contributed by atoms with Crippen molar-refractivity contribution in [3.63, 3.8) is 0 Å². The first-order chi connectivity index (χ1) is 6.87. The van der Waals surface area contributed by atoms with Gasteiger partial charge in [-0.1, -0.05) is 0 Å². The minimum Gasteiger partial charge on any atom is -0.393 e. The molecule has 0 aromatic rings. The first kappa shape index (κ1) is 14.4. The first-order valence-corrected chi connectivity index (χ1v) is 5.70. The van der Waals surface area contributed by atoms with Gasteiger partial charge in [0, 0.05) is 6.04 Å². The van der Waals surface area contributed by atoms with Crippen LogP contribution in [-0.4, -0.2) is 23.8 Å². The number of hydrogen-bond acceptors (Lipinski definition) is 3. The molecule has 0 aliphatic heterocycles. The van der Waals surface area contributed by atoms with Crippen LogP contribution in [0.15, 0.2) is 0 Å². The Morgan fingerprint density at radius 3 is 2.47 bits per heavy atom. The number of aliphatic hydroxyl groups is 1. The predicted molar refractivity (Wildman–Crippen MR) is 62.4 cm³/mol. The van der Waals surface area contributed by atoms with Crippen molar-refractivity contribution < 1.29 is 5.11 Å². The highest BCUT2D eigenvalue weighted by Crippen LogP contribution is 2.19. The monoisotopic (exact) mass is 212 g/mol. The molecule has 0 radical (unpaired) electrons. The molecule has 0 heterocycles. The highest BCUT2D eigenvalue weighted by atomic mass is 16.3. The average molecular weight is 212 g/mol. The van der Waals surface area contributed by atoms with Crippen LogP contribution >= 0.6 is 0 Å². The molecule has 0 aromatic heterocycles. The zero-order valence-corrected chi connectivity index (χ0v) is 10.4. The zero-order valence-electron chi connectivity index (χ0n) is 10.4. The Labute approximate surface area is 93.5 Å². The van der Waals surface area contributed by atoms with Crippen LogP contribution in [0.3, 0.4) is 0 Å². The van der Waals surface area contributed by atoms with E-state index in [1.165, 1.54) is 0 Å². The van der Waals surface area contributed by atoms with Crippen LogP contribution in [-0.2, 0) is 0 Å². The first-order valence-electron chi connectivity index (χ1n) is 5.70. The maximum absolute atomic E-state index is 9.16. The van der Waals surface area contributed by atoms with E-state index in [0.717, 1.165) is 25.8 Å². The van der Waals surface area contributed by atoms with Gasteiger partial charge in [-0.05, 0) is 53.5 Å². The topological polar surface area (TPSA) is 56.0 Å². The molecule has 0 saturated carbocycles. The lowest BCUT2D eigenvalue weighted by Gasteiger charge is -2.18. The van der Waals surface area contributed by atoms with Crippen molar-refractivity contribution in [2.45, 2.75) is 59.1 Å². The number of nitriles is 1. The van der Waals surface area contributed by atoms with E-state index in [0.29, 0.717) is 6.04 Å². The van der Waals surface area contributed by atoms with E-state index in [1.54, 1.807) is 6.92 Å². The fourth-order valence-electron chi connectivity index (χ4n) is 1.53. The van der Waals surface area contributed by atoms with E-state index < -0.39 is 0 Å². The molecule has 0 aliphatic rings. The van der Waals surface area contributed by atoms with Crippen molar-refractivity contribution in [3.05, 3.63) is 0 Å². The Morgan fingerprint density at radius 2 is 2.00 bits per heavy atom. The number of nitrogens with one attached hydrogen (secondary N) is 1. The molecule has 0 bridgehead atoms. The van der Waals surface area contributed by atoms with Gasteiger partial charge in [0.25, 0.3) is 0 Å². The van der Waals surface area contributed by atoms with Gasteiger partial charge in [-0.25, -0.2) is 0 Å². The Morgan fingerprint density at radius 1 is 1.40 bits per heavy atom. The van der Waals surface area contributed by atoms with Crippen LogP contribution in [0.4, 0.5) is 0 Å². The van der Waals surface area contributed by atoms with E-state index in [-0.39, 0.29) is 11.5 Å². The van der Waals surface area contributed by atoms with Gasteiger partial charge in [0.2, 0.25) is 0 Å². The summed E-state index contributed by atoms with van der Waals surface area (Å²) in [6, 6.07) is 2.64. The van der Waals surface area contributed by atoms with Crippen molar-refractivity contribution >= 4 is 0 Å². The molecule has 0 amide bonds. The van der Waals surface area contributed by atoms with Crippen molar-refractivity contribution in [1.82, 2.24) is 5.32 Å². The summed E-state index contributed by atoms with van der Waals surface area (Å²) in [6.45, 7) is 8.72. The molecular weight excluding hydrogens is 188 g/mol. The summed E-state index contributed by atoms with van der Waals surface area (Å²) in [5.74, 6) is 0.